The summed E-state index contributed by atoms with van der Waals surface area (Å²) in [5.74, 6) is -1.84. The van der Waals surface area contributed by atoms with Gasteiger partial charge in [0, 0.05) is 0 Å². The molecule has 0 spiro atoms. The molecule has 2 amide bonds. The summed E-state index contributed by atoms with van der Waals surface area (Å²) in [4.78, 5) is 41.0. The van der Waals surface area contributed by atoms with Gasteiger partial charge in [-0.15, -0.1) is 0 Å². The third kappa shape index (κ3) is 2.72. The molecular weight excluding hydrogens is 332 g/mol. The highest BCUT2D eigenvalue weighted by Crippen LogP contribution is 2.22. The minimum atomic E-state index is -0.710. The molecule has 4 N–H and O–H groups in total. The van der Waals surface area contributed by atoms with Gasteiger partial charge in [0.1, 0.15) is 11.1 Å². The van der Waals surface area contributed by atoms with Crippen LogP contribution in [0.1, 0.15) is 11.1 Å². The number of benzene rings is 1. The van der Waals surface area contributed by atoms with Crippen LogP contribution in [0.15, 0.2) is 34.6 Å². The molecule has 0 unspecified atom stereocenters. The summed E-state index contributed by atoms with van der Waals surface area (Å²) < 4.78 is -0.0665. The average molecular weight is 344 g/mol. The Hall–Kier alpha value is -3.20. The van der Waals surface area contributed by atoms with Gasteiger partial charge in [0.05, 0.1) is 5.69 Å². The molecule has 3 rings (SSSR count). The zero-order valence-corrected chi connectivity index (χ0v) is 13.2. The highest BCUT2D eigenvalue weighted by Gasteiger charge is 2.34. The molecule has 1 fully saturated rings. The normalized spacial score (nSPS) is 15.9. The quantitative estimate of drug-likeness (QED) is 0.367. The van der Waals surface area contributed by atoms with Crippen LogP contribution in [0.3, 0.4) is 0 Å². The first-order chi connectivity index (χ1) is 11.4. The van der Waals surface area contributed by atoms with Gasteiger partial charge in [-0.05, 0) is 37.4 Å². The van der Waals surface area contributed by atoms with Crippen molar-refractivity contribution in [3.63, 3.8) is 0 Å². The summed E-state index contributed by atoms with van der Waals surface area (Å²) in [6, 6.07) is 6.95. The van der Waals surface area contributed by atoms with E-state index in [2.05, 4.69) is 15.4 Å². The minimum absolute atomic E-state index is 0.0665. The molecule has 1 aromatic heterocycles. The first-order valence-electron chi connectivity index (χ1n) is 6.86. The molecule has 9 heteroatoms. The van der Waals surface area contributed by atoms with Crippen molar-refractivity contribution in [2.75, 3.05) is 5.01 Å². The number of amides is 2. The third-order valence-corrected chi connectivity index (χ3v) is 3.64. The molecule has 1 aliphatic heterocycles. The standard InChI is InChI=1S/C15H12N4O4S/c1-7-2-4-8(5-3-7)19-14(23)10(13(22)18-19)6-9-11(20)16-15(24)17-12(9)21/h2-6H,1H3,(H,18,22)(H3,16,17,20,21,24)/b10-6+. The van der Waals surface area contributed by atoms with Crippen molar-refractivity contribution in [3.05, 3.63) is 56.1 Å². The Bertz CT molecular complexity index is 988. The number of rotatable bonds is 2. The number of hydrogen-bond acceptors (Lipinski definition) is 5. The number of carbonyl (C=O) groups is 2. The molecule has 0 atom stereocenters. The smallest absolute Gasteiger partial charge is 0.282 e. The molecule has 1 aliphatic rings. The van der Waals surface area contributed by atoms with Crippen molar-refractivity contribution in [1.29, 1.82) is 0 Å². The average Bonchev–Trinajstić information content (AvgIpc) is 2.79. The summed E-state index contributed by atoms with van der Waals surface area (Å²) in [6.07, 6.45) is 1.02. The lowest BCUT2D eigenvalue weighted by atomic mass is 10.1. The molecule has 2 aromatic rings. The summed E-state index contributed by atoms with van der Waals surface area (Å²) in [7, 11) is 0. The number of aromatic hydroxyl groups is 1. The van der Waals surface area contributed by atoms with Gasteiger partial charge in [0.15, 0.2) is 4.77 Å². The predicted molar refractivity (Wildman–Crippen MR) is 88.7 cm³/mol. The van der Waals surface area contributed by atoms with Gasteiger partial charge >= 0.3 is 0 Å². The van der Waals surface area contributed by atoms with E-state index < -0.39 is 23.3 Å². The molecule has 122 valence electrons. The molecule has 1 aromatic carbocycles. The SMILES string of the molecule is Cc1ccc(N2NC(=O)/C(=C\c3c(O)[nH]c(=S)[nH]c3=O)C2=O)cc1. The second-order valence-corrected chi connectivity index (χ2v) is 5.55. The van der Waals surface area contributed by atoms with Crippen LogP contribution >= 0.6 is 12.2 Å². The molecule has 0 radical (unpaired) electrons. The highest BCUT2D eigenvalue weighted by atomic mass is 32.1. The molecule has 24 heavy (non-hydrogen) atoms. The maximum Gasteiger partial charge on any atom is 0.282 e. The van der Waals surface area contributed by atoms with E-state index in [1.165, 1.54) is 0 Å². The number of aromatic nitrogens is 2. The topological polar surface area (TPSA) is 118 Å². The fourth-order valence-electron chi connectivity index (χ4n) is 2.20. The third-order valence-electron chi connectivity index (χ3n) is 3.43. The van der Waals surface area contributed by atoms with Crippen LogP contribution in [0.4, 0.5) is 5.69 Å². The van der Waals surface area contributed by atoms with Crippen molar-refractivity contribution in [1.82, 2.24) is 15.4 Å². The fourth-order valence-corrected chi connectivity index (χ4v) is 2.38. The fraction of sp³-hybridized carbons (Fsp3) is 0.0667. The van der Waals surface area contributed by atoms with E-state index in [-0.39, 0.29) is 15.9 Å². The Morgan fingerprint density at radius 3 is 2.42 bits per heavy atom. The van der Waals surface area contributed by atoms with Crippen molar-refractivity contribution in [2.45, 2.75) is 6.92 Å². The lowest BCUT2D eigenvalue weighted by Crippen LogP contribution is -2.35. The summed E-state index contributed by atoms with van der Waals surface area (Å²) >= 11 is 4.72. The van der Waals surface area contributed by atoms with E-state index in [1.807, 2.05) is 6.92 Å². The molecule has 1 saturated heterocycles. The van der Waals surface area contributed by atoms with E-state index >= 15 is 0 Å². The van der Waals surface area contributed by atoms with Gasteiger partial charge in [0.2, 0.25) is 5.88 Å². The number of aryl methyl sites for hydroxylation is 1. The van der Waals surface area contributed by atoms with Crippen molar-refractivity contribution in [2.24, 2.45) is 0 Å². The zero-order valence-electron chi connectivity index (χ0n) is 12.4. The van der Waals surface area contributed by atoms with Gasteiger partial charge < -0.3 is 10.1 Å². The Morgan fingerprint density at radius 1 is 1.12 bits per heavy atom. The monoisotopic (exact) mass is 344 g/mol. The van der Waals surface area contributed by atoms with Crippen LogP contribution in [0.5, 0.6) is 5.88 Å². The Balaban J connectivity index is 2.02. The zero-order chi connectivity index (χ0) is 17.4. The van der Waals surface area contributed by atoms with Crippen molar-refractivity contribution < 1.29 is 14.7 Å². The first kappa shape index (κ1) is 15.7. The van der Waals surface area contributed by atoms with Crippen LogP contribution in [0, 0.1) is 11.7 Å². The number of hydrogen-bond donors (Lipinski definition) is 4. The summed E-state index contributed by atoms with van der Waals surface area (Å²) in [5.41, 5.74) is 2.65. The Morgan fingerprint density at radius 2 is 1.79 bits per heavy atom. The molecule has 0 bridgehead atoms. The van der Waals surface area contributed by atoms with E-state index in [9.17, 15) is 19.5 Å². The minimum Gasteiger partial charge on any atom is -0.494 e. The molecule has 0 aliphatic carbocycles. The number of carbonyl (C=O) groups excluding carboxylic acids is 2. The van der Waals surface area contributed by atoms with Crippen LogP contribution < -0.4 is 16.0 Å². The Labute approximate surface area is 140 Å². The second kappa shape index (κ2) is 5.78. The molecule has 2 heterocycles. The van der Waals surface area contributed by atoms with Gasteiger partial charge in [0.25, 0.3) is 17.4 Å². The molecule has 0 saturated carbocycles. The number of H-pyrrole nitrogens is 2. The van der Waals surface area contributed by atoms with Gasteiger partial charge in [-0.3, -0.25) is 24.8 Å². The number of nitrogens with zero attached hydrogens (tertiary/aromatic N) is 1. The summed E-state index contributed by atoms with van der Waals surface area (Å²) in [6.45, 7) is 1.90. The largest absolute Gasteiger partial charge is 0.494 e. The van der Waals surface area contributed by atoms with E-state index in [1.54, 1.807) is 24.3 Å². The van der Waals surface area contributed by atoms with Crippen LogP contribution in [-0.2, 0) is 9.59 Å². The lowest BCUT2D eigenvalue weighted by molar-refractivity contribution is -0.117. The molecule has 8 nitrogen and oxygen atoms in total. The predicted octanol–water partition coefficient (Wildman–Crippen LogP) is 0.908. The van der Waals surface area contributed by atoms with E-state index in [4.69, 9.17) is 12.2 Å². The maximum absolute atomic E-state index is 12.4. The van der Waals surface area contributed by atoms with Crippen LogP contribution in [0.2, 0.25) is 0 Å². The highest BCUT2D eigenvalue weighted by molar-refractivity contribution is 7.71. The lowest BCUT2D eigenvalue weighted by Gasteiger charge is -2.14. The van der Waals surface area contributed by atoms with Crippen molar-refractivity contribution in [3.8, 4) is 5.88 Å². The summed E-state index contributed by atoms with van der Waals surface area (Å²) in [5, 5.41) is 10.8. The van der Waals surface area contributed by atoms with Crippen molar-refractivity contribution >= 4 is 35.8 Å². The molecular formula is C15H12N4O4S. The Kier molecular flexibility index (Phi) is 3.78. The number of nitrogens with one attached hydrogen (secondary N) is 3. The number of aromatic amines is 2. The first-order valence-corrected chi connectivity index (χ1v) is 7.27. The van der Waals surface area contributed by atoms with Gasteiger partial charge in [-0.1, -0.05) is 17.7 Å². The van der Waals surface area contributed by atoms with E-state index in [0.29, 0.717) is 5.69 Å². The van der Waals surface area contributed by atoms with Crippen LogP contribution in [-0.4, -0.2) is 26.9 Å². The maximum atomic E-state index is 12.4. The number of anilines is 1. The number of hydrazine groups is 1. The van der Waals surface area contributed by atoms with Crippen LogP contribution in [0.25, 0.3) is 6.08 Å². The van der Waals surface area contributed by atoms with E-state index in [0.717, 1.165) is 16.6 Å². The van der Waals surface area contributed by atoms with Gasteiger partial charge in [-0.2, -0.15) is 0 Å². The van der Waals surface area contributed by atoms with Gasteiger partial charge in [-0.25, -0.2) is 5.01 Å². The second-order valence-electron chi connectivity index (χ2n) is 5.15.